The van der Waals surface area contributed by atoms with Crippen LogP contribution in [0.3, 0.4) is 0 Å². The number of aliphatic carboxylic acids is 2. The Labute approximate surface area is 316 Å². The Balaban J connectivity index is 0. The maximum absolute atomic E-state index is 10.5. The van der Waals surface area contributed by atoms with Crippen LogP contribution in [0.5, 0.6) is 0 Å². The first-order chi connectivity index (χ1) is 25.1. The fourth-order valence-electron chi connectivity index (χ4n) is 6.12. The number of cyclic esters (lactones) is 1. The molecule has 0 amide bonds. The normalized spacial score (nSPS) is 14.3. The molecular weight excluding hydrogens is 664 g/mol. The lowest BCUT2D eigenvalue weighted by Crippen LogP contribution is -2.31. The van der Waals surface area contributed by atoms with E-state index in [1.54, 1.807) is 0 Å². The molecule has 10 nitrogen and oxygen atoms in total. The van der Waals surface area contributed by atoms with Gasteiger partial charge in [0, 0.05) is 12.8 Å². The third kappa shape index (κ3) is 36.0. The topological polar surface area (TPSA) is 182 Å². The average Bonchev–Trinajstić information content (AvgIpc) is 3.38. The molecule has 2 atom stereocenters. The molecule has 0 aromatic rings. The summed E-state index contributed by atoms with van der Waals surface area (Å²) in [6.07, 6.45) is 37.6. The molecule has 10 heteroatoms. The monoisotopic (exact) mass is 745 g/mol. The Morgan fingerprint density at radius 3 is 0.962 bits per heavy atom. The quantitative estimate of drug-likeness (QED) is 0.0274. The molecule has 0 aliphatic carbocycles. The van der Waals surface area contributed by atoms with Crippen LogP contribution < -0.4 is 0 Å². The van der Waals surface area contributed by atoms with E-state index >= 15 is 0 Å². The second-order valence-electron chi connectivity index (χ2n) is 14.5. The van der Waals surface area contributed by atoms with Gasteiger partial charge in [0.2, 0.25) is 5.76 Å². The van der Waals surface area contributed by atoms with Crippen molar-refractivity contribution in [3.05, 3.63) is 11.5 Å². The minimum atomic E-state index is -1.42. The smallest absolute Gasteiger partial charge is 0.377 e. The van der Waals surface area contributed by atoms with Crippen LogP contribution in [0.15, 0.2) is 11.5 Å². The van der Waals surface area contributed by atoms with Crippen LogP contribution in [0.4, 0.5) is 0 Å². The molecule has 1 aliphatic heterocycles. The number of unbranched alkanes of at least 4 members (excludes halogenated alkanes) is 28. The number of esters is 1. The summed E-state index contributed by atoms with van der Waals surface area (Å²) in [4.78, 5) is 31.2. The van der Waals surface area contributed by atoms with Crippen molar-refractivity contribution in [2.75, 3.05) is 6.61 Å². The van der Waals surface area contributed by atoms with Crippen LogP contribution in [-0.2, 0) is 19.1 Å². The molecule has 0 saturated heterocycles. The van der Waals surface area contributed by atoms with Crippen molar-refractivity contribution in [2.45, 2.75) is 232 Å². The Morgan fingerprint density at radius 2 is 0.769 bits per heavy atom. The van der Waals surface area contributed by atoms with Crippen molar-refractivity contribution >= 4 is 17.9 Å². The van der Waals surface area contributed by atoms with Gasteiger partial charge in [0.1, 0.15) is 6.10 Å². The summed E-state index contributed by atoms with van der Waals surface area (Å²) < 4.78 is 4.32. The van der Waals surface area contributed by atoms with Crippen molar-refractivity contribution in [2.24, 2.45) is 0 Å². The zero-order valence-electron chi connectivity index (χ0n) is 33.3. The van der Waals surface area contributed by atoms with Crippen LogP contribution in [-0.4, -0.2) is 67.4 Å². The van der Waals surface area contributed by atoms with E-state index in [9.17, 15) is 14.4 Å². The van der Waals surface area contributed by atoms with E-state index in [1.165, 1.54) is 167 Å². The standard InChI is InChI=1S/2C18H36O2.C6H8O6/c2*1-2-3-4-5-6-7-8-9-10-11-12-13-14-15-16-17-18(19)20;7-1-2(8)5-3(9)4(10)6(11)12-5/h2*2-17H2,1H3,(H,19,20);2,5,7-10H,1H2/t;;2-,5+/m..0/s1. The highest BCUT2D eigenvalue weighted by Gasteiger charge is 2.38. The lowest BCUT2D eigenvalue weighted by Gasteiger charge is -2.13. The highest BCUT2D eigenvalue weighted by Crippen LogP contribution is 2.21. The molecule has 52 heavy (non-hydrogen) atoms. The Kier molecular flexibility index (Phi) is 39.7. The number of hydrogen-bond donors (Lipinski definition) is 6. The van der Waals surface area contributed by atoms with Gasteiger partial charge in [0.15, 0.2) is 11.9 Å². The summed E-state index contributed by atoms with van der Waals surface area (Å²) >= 11 is 0. The molecule has 0 aromatic carbocycles. The molecule has 1 rings (SSSR count). The Hall–Kier alpha value is -2.33. The Bertz CT molecular complexity index is 816. The minimum Gasteiger partial charge on any atom is -0.505 e. The number of carboxylic acids is 2. The highest BCUT2D eigenvalue weighted by molar-refractivity contribution is 5.89. The molecule has 1 heterocycles. The second kappa shape index (κ2) is 39.9. The molecule has 0 unspecified atom stereocenters. The van der Waals surface area contributed by atoms with Gasteiger partial charge in [-0.2, -0.15) is 0 Å². The number of aliphatic hydroxyl groups is 4. The predicted octanol–water partition coefficient (Wildman–Crippen LogP) is 11.3. The van der Waals surface area contributed by atoms with Crippen LogP contribution in [0.25, 0.3) is 0 Å². The number of rotatable bonds is 34. The molecule has 308 valence electrons. The van der Waals surface area contributed by atoms with Gasteiger partial charge in [-0.05, 0) is 12.8 Å². The van der Waals surface area contributed by atoms with Crippen molar-refractivity contribution in [3.63, 3.8) is 0 Å². The van der Waals surface area contributed by atoms with E-state index in [0.29, 0.717) is 12.8 Å². The summed E-state index contributed by atoms with van der Waals surface area (Å²) in [7, 11) is 0. The third-order valence-corrected chi connectivity index (χ3v) is 9.46. The third-order valence-electron chi connectivity index (χ3n) is 9.46. The van der Waals surface area contributed by atoms with E-state index in [0.717, 1.165) is 25.7 Å². The molecule has 0 radical (unpaired) electrons. The van der Waals surface area contributed by atoms with Crippen LogP contribution in [0.1, 0.15) is 219 Å². The Morgan fingerprint density at radius 1 is 0.519 bits per heavy atom. The molecule has 0 aromatic heterocycles. The zero-order valence-corrected chi connectivity index (χ0v) is 33.3. The fraction of sp³-hybridized carbons (Fsp3) is 0.881. The first-order valence-corrected chi connectivity index (χ1v) is 21.2. The van der Waals surface area contributed by atoms with Crippen molar-refractivity contribution in [1.82, 2.24) is 0 Å². The van der Waals surface area contributed by atoms with Gasteiger partial charge >= 0.3 is 17.9 Å². The van der Waals surface area contributed by atoms with E-state index in [2.05, 4.69) is 18.6 Å². The van der Waals surface area contributed by atoms with E-state index < -0.39 is 48.2 Å². The fourth-order valence-corrected chi connectivity index (χ4v) is 6.12. The van der Waals surface area contributed by atoms with Gasteiger partial charge in [0.05, 0.1) is 6.61 Å². The summed E-state index contributed by atoms with van der Waals surface area (Å²) in [6.45, 7) is 3.87. The number of hydrogen-bond acceptors (Lipinski definition) is 8. The van der Waals surface area contributed by atoms with Gasteiger partial charge < -0.3 is 35.4 Å². The van der Waals surface area contributed by atoms with Crippen LogP contribution in [0.2, 0.25) is 0 Å². The summed E-state index contributed by atoms with van der Waals surface area (Å²) in [5, 5.41) is 52.1. The molecule has 1 aliphatic rings. The molecule has 0 saturated carbocycles. The van der Waals surface area contributed by atoms with E-state index in [-0.39, 0.29) is 0 Å². The van der Waals surface area contributed by atoms with E-state index in [4.69, 9.17) is 30.6 Å². The zero-order chi connectivity index (χ0) is 39.1. The van der Waals surface area contributed by atoms with Crippen molar-refractivity contribution in [3.8, 4) is 0 Å². The average molecular weight is 745 g/mol. The van der Waals surface area contributed by atoms with Gasteiger partial charge in [-0.15, -0.1) is 0 Å². The number of carboxylic acid groups (broad SMARTS) is 2. The SMILES string of the molecule is CCCCCCCCCCCCCCCCCC(=O)O.CCCCCCCCCCCCCCCCCC(=O)O.O=C1O[C@H]([C@@H](O)CO)C(O)=C1O. The summed E-state index contributed by atoms with van der Waals surface area (Å²) in [5.41, 5.74) is 0. The first kappa shape index (κ1) is 51.8. The second-order valence-corrected chi connectivity index (χ2v) is 14.5. The lowest BCUT2D eigenvalue weighted by atomic mass is 10.0. The number of carbonyl (C=O) groups is 3. The first-order valence-electron chi connectivity index (χ1n) is 21.2. The molecule has 0 bridgehead atoms. The molecule has 6 N–H and O–H groups in total. The van der Waals surface area contributed by atoms with Gasteiger partial charge in [-0.1, -0.05) is 194 Å². The van der Waals surface area contributed by atoms with Gasteiger partial charge in [-0.25, -0.2) is 4.79 Å². The maximum atomic E-state index is 10.5. The highest BCUT2D eigenvalue weighted by atomic mass is 16.6. The summed E-state index contributed by atoms with van der Waals surface area (Å²) in [5.74, 6) is -4.08. The summed E-state index contributed by atoms with van der Waals surface area (Å²) in [6, 6.07) is 0. The van der Waals surface area contributed by atoms with Crippen LogP contribution >= 0.6 is 0 Å². The van der Waals surface area contributed by atoms with Crippen molar-refractivity contribution < 1.29 is 49.8 Å². The lowest BCUT2D eigenvalue weighted by molar-refractivity contribution is -0.147. The maximum Gasteiger partial charge on any atom is 0.377 e. The number of aliphatic hydroxyl groups excluding tert-OH is 4. The molecule has 0 spiro atoms. The van der Waals surface area contributed by atoms with Gasteiger partial charge in [0.25, 0.3) is 0 Å². The number of ether oxygens (including phenoxy) is 1. The van der Waals surface area contributed by atoms with Gasteiger partial charge in [-0.3, -0.25) is 9.59 Å². The molecule has 0 fully saturated rings. The largest absolute Gasteiger partial charge is 0.505 e. The number of carbonyl (C=O) groups excluding carboxylic acids is 1. The van der Waals surface area contributed by atoms with E-state index in [1.807, 2.05) is 0 Å². The predicted molar refractivity (Wildman–Crippen MR) is 210 cm³/mol. The van der Waals surface area contributed by atoms with Crippen molar-refractivity contribution in [1.29, 1.82) is 0 Å². The molecular formula is C42H80O10. The minimum absolute atomic E-state index is 0.345. The van der Waals surface area contributed by atoms with Crippen LogP contribution in [0, 0.1) is 0 Å².